The molecule has 3 heterocycles. The first-order valence-electron chi connectivity index (χ1n) is 6.90. The maximum atomic E-state index is 5.46. The minimum Gasteiger partial charge on any atom is -0.454 e. The molecule has 0 amide bonds. The van der Waals surface area contributed by atoms with E-state index in [0.29, 0.717) is 6.79 Å². The fourth-order valence-electron chi connectivity index (χ4n) is 2.81. The Morgan fingerprint density at radius 1 is 1.00 bits per heavy atom. The molecule has 1 aliphatic heterocycles. The van der Waals surface area contributed by atoms with Crippen LogP contribution in [-0.4, -0.2) is 11.8 Å². The Morgan fingerprint density at radius 2 is 1.76 bits per heavy atom. The molecule has 3 aromatic rings. The van der Waals surface area contributed by atoms with Crippen molar-refractivity contribution in [1.29, 1.82) is 0 Å². The van der Waals surface area contributed by atoms with Crippen LogP contribution in [0.4, 0.5) is 0 Å². The standard InChI is InChI=1S/C17H15NO2S/c1-9-4-14(13-5-10(2)21-11(13)3)18-15-7-17-16(6-12(9)15)19-8-20-17/h4-7H,8H2,1-3H3. The molecule has 0 unspecified atom stereocenters. The summed E-state index contributed by atoms with van der Waals surface area (Å²) in [5, 5.41) is 1.12. The lowest BCUT2D eigenvalue weighted by atomic mass is 10.0. The number of aryl methyl sites for hydroxylation is 3. The molecule has 21 heavy (non-hydrogen) atoms. The Labute approximate surface area is 127 Å². The molecule has 106 valence electrons. The Balaban J connectivity index is 1.96. The Kier molecular flexibility index (Phi) is 2.69. The number of benzene rings is 1. The van der Waals surface area contributed by atoms with Gasteiger partial charge < -0.3 is 9.47 Å². The normalized spacial score (nSPS) is 13.1. The van der Waals surface area contributed by atoms with E-state index in [1.807, 2.05) is 23.5 Å². The second-order valence-corrected chi connectivity index (χ2v) is 6.83. The highest BCUT2D eigenvalue weighted by atomic mass is 32.1. The summed E-state index contributed by atoms with van der Waals surface area (Å²) in [4.78, 5) is 7.45. The van der Waals surface area contributed by atoms with E-state index >= 15 is 0 Å². The van der Waals surface area contributed by atoms with E-state index in [2.05, 4.69) is 32.9 Å². The number of aromatic nitrogens is 1. The number of hydrogen-bond donors (Lipinski definition) is 0. The molecule has 0 spiro atoms. The van der Waals surface area contributed by atoms with Crippen molar-refractivity contribution in [2.45, 2.75) is 20.8 Å². The quantitative estimate of drug-likeness (QED) is 0.657. The summed E-state index contributed by atoms with van der Waals surface area (Å²) in [5.41, 5.74) is 4.41. The lowest BCUT2D eigenvalue weighted by molar-refractivity contribution is 0.174. The van der Waals surface area contributed by atoms with Crippen molar-refractivity contribution in [3.63, 3.8) is 0 Å². The van der Waals surface area contributed by atoms with Gasteiger partial charge >= 0.3 is 0 Å². The predicted molar refractivity (Wildman–Crippen MR) is 85.4 cm³/mol. The lowest BCUT2D eigenvalue weighted by Crippen LogP contribution is -1.92. The van der Waals surface area contributed by atoms with Gasteiger partial charge in [0.15, 0.2) is 11.5 Å². The van der Waals surface area contributed by atoms with E-state index in [1.165, 1.54) is 20.9 Å². The molecule has 0 bridgehead atoms. The molecule has 0 radical (unpaired) electrons. The monoisotopic (exact) mass is 297 g/mol. The number of hydrogen-bond acceptors (Lipinski definition) is 4. The van der Waals surface area contributed by atoms with Crippen LogP contribution in [0, 0.1) is 20.8 Å². The van der Waals surface area contributed by atoms with Crippen molar-refractivity contribution in [3.8, 4) is 22.8 Å². The van der Waals surface area contributed by atoms with Gasteiger partial charge in [-0.3, -0.25) is 0 Å². The van der Waals surface area contributed by atoms with Gasteiger partial charge in [-0.25, -0.2) is 4.98 Å². The minimum absolute atomic E-state index is 0.292. The topological polar surface area (TPSA) is 31.4 Å². The van der Waals surface area contributed by atoms with Gasteiger partial charge in [0.2, 0.25) is 6.79 Å². The summed E-state index contributed by atoms with van der Waals surface area (Å²) in [5.74, 6) is 1.59. The molecule has 0 saturated carbocycles. The second kappa shape index (κ2) is 4.46. The van der Waals surface area contributed by atoms with Crippen LogP contribution >= 0.6 is 11.3 Å². The first kappa shape index (κ1) is 12.7. The molecule has 4 heteroatoms. The number of ether oxygens (including phenoxy) is 2. The number of nitrogens with zero attached hydrogens (tertiary/aromatic N) is 1. The molecule has 3 nitrogen and oxygen atoms in total. The van der Waals surface area contributed by atoms with E-state index < -0.39 is 0 Å². The maximum absolute atomic E-state index is 5.46. The van der Waals surface area contributed by atoms with Gasteiger partial charge in [-0.1, -0.05) is 0 Å². The highest BCUT2D eigenvalue weighted by molar-refractivity contribution is 7.12. The van der Waals surface area contributed by atoms with Crippen molar-refractivity contribution >= 4 is 22.2 Å². The average molecular weight is 297 g/mol. The minimum atomic E-state index is 0.292. The summed E-state index contributed by atoms with van der Waals surface area (Å²) in [6.07, 6.45) is 0. The summed E-state index contributed by atoms with van der Waals surface area (Å²) >= 11 is 1.81. The van der Waals surface area contributed by atoms with Gasteiger partial charge in [-0.05, 0) is 44.5 Å². The van der Waals surface area contributed by atoms with Gasteiger partial charge in [0.1, 0.15) is 0 Å². The van der Waals surface area contributed by atoms with Crippen molar-refractivity contribution in [2.24, 2.45) is 0 Å². The zero-order valence-electron chi connectivity index (χ0n) is 12.2. The fraction of sp³-hybridized carbons (Fsp3) is 0.235. The summed E-state index contributed by atoms with van der Waals surface area (Å²) in [6.45, 7) is 6.69. The van der Waals surface area contributed by atoms with Crippen LogP contribution in [0.25, 0.3) is 22.2 Å². The molecule has 2 aromatic heterocycles. The van der Waals surface area contributed by atoms with E-state index in [0.717, 1.165) is 28.1 Å². The molecule has 4 rings (SSSR count). The van der Waals surface area contributed by atoms with Gasteiger partial charge in [0.05, 0.1) is 11.2 Å². The number of fused-ring (bicyclic) bond motifs is 2. The van der Waals surface area contributed by atoms with E-state index in [1.54, 1.807) is 0 Å². The molecule has 0 fully saturated rings. The molecule has 1 aromatic carbocycles. The smallest absolute Gasteiger partial charge is 0.231 e. The van der Waals surface area contributed by atoms with Gasteiger partial charge in [0.25, 0.3) is 0 Å². The summed E-state index contributed by atoms with van der Waals surface area (Å²) in [7, 11) is 0. The fourth-order valence-corrected chi connectivity index (χ4v) is 3.74. The molecule has 0 aliphatic carbocycles. The molecule has 0 N–H and O–H groups in total. The van der Waals surface area contributed by atoms with Crippen LogP contribution in [0.1, 0.15) is 15.3 Å². The maximum Gasteiger partial charge on any atom is 0.231 e. The van der Waals surface area contributed by atoms with Gasteiger partial charge in [0, 0.05) is 26.8 Å². The van der Waals surface area contributed by atoms with Crippen molar-refractivity contribution in [2.75, 3.05) is 6.79 Å². The van der Waals surface area contributed by atoms with Crippen LogP contribution in [0.3, 0.4) is 0 Å². The van der Waals surface area contributed by atoms with Crippen LogP contribution in [0.2, 0.25) is 0 Å². The number of thiophene rings is 1. The first-order valence-corrected chi connectivity index (χ1v) is 7.72. The SMILES string of the molecule is Cc1cc(-c2cc(C)c3cc4c(cc3n2)OCO4)c(C)s1. The Morgan fingerprint density at radius 3 is 2.48 bits per heavy atom. The highest BCUT2D eigenvalue weighted by Crippen LogP contribution is 2.38. The zero-order chi connectivity index (χ0) is 14.6. The largest absolute Gasteiger partial charge is 0.454 e. The second-order valence-electron chi connectivity index (χ2n) is 5.37. The van der Waals surface area contributed by atoms with Crippen molar-refractivity contribution in [1.82, 2.24) is 4.98 Å². The van der Waals surface area contributed by atoms with Crippen molar-refractivity contribution in [3.05, 3.63) is 39.6 Å². The molecular formula is C17H15NO2S. The summed E-state index contributed by atoms with van der Waals surface area (Å²) in [6, 6.07) is 8.36. The Bertz CT molecular complexity index is 867. The van der Waals surface area contributed by atoms with Crippen LogP contribution in [0.15, 0.2) is 24.3 Å². The molecule has 1 aliphatic rings. The van der Waals surface area contributed by atoms with E-state index in [-0.39, 0.29) is 0 Å². The van der Waals surface area contributed by atoms with Crippen LogP contribution in [-0.2, 0) is 0 Å². The van der Waals surface area contributed by atoms with Crippen molar-refractivity contribution < 1.29 is 9.47 Å². The Hall–Kier alpha value is -2.07. The highest BCUT2D eigenvalue weighted by Gasteiger charge is 2.17. The first-order chi connectivity index (χ1) is 10.1. The average Bonchev–Trinajstić information content (AvgIpc) is 3.02. The molecular weight excluding hydrogens is 282 g/mol. The van der Waals surface area contributed by atoms with E-state index in [4.69, 9.17) is 14.5 Å². The number of rotatable bonds is 1. The third kappa shape index (κ3) is 1.98. The number of pyridine rings is 1. The van der Waals surface area contributed by atoms with Crippen LogP contribution in [0.5, 0.6) is 11.5 Å². The van der Waals surface area contributed by atoms with Crippen LogP contribution < -0.4 is 9.47 Å². The van der Waals surface area contributed by atoms with E-state index in [9.17, 15) is 0 Å². The van der Waals surface area contributed by atoms with Gasteiger partial charge in [-0.2, -0.15) is 0 Å². The third-order valence-corrected chi connectivity index (χ3v) is 4.79. The molecule has 0 atom stereocenters. The predicted octanol–water partition coefficient (Wildman–Crippen LogP) is 4.62. The van der Waals surface area contributed by atoms with Gasteiger partial charge in [-0.15, -0.1) is 11.3 Å². The zero-order valence-corrected chi connectivity index (χ0v) is 13.0. The molecule has 0 saturated heterocycles. The third-order valence-electron chi connectivity index (χ3n) is 3.83. The lowest BCUT2D eigenvalue weighted by Gasteiger charge is -2.07. The summed E-state index contributed by atoms with van der Waals surface area (Å²) < 4.78 is 10.9.